The van der Waals surface area contributed by atoms with Gasteiger partial charge in [0.05, 0.1) is 12.2 Å². The Hall–Kier alpha value is -1.49. The molecule has 1 N–H and O–H groups in total. The molecule has 0 saturated heterocycles. The second-order valence-electron chi connectivity index (χ2n) is 4.67. The van der Waals surface area contributed by atoms with Crippen LogP contribution in [0.3, 0.4) is 0 Å². The Morgan fingerprint density at radius 2 is 2.00 bits per heavy atom. The van der Waals surface area contributed by atoms with Crippen LogP contribution < -0.4 is 0 Å². The largest absolute Gasteiger partial charge is 0.481 e. The lowest BCUT2D eigenvalue weighted by atomic mass is 10.2. The number of aryl methyl sites for hydroxylation is 2. The van der Waals surface area contributed by atoms with E-state index in [0.29, 0.717) is 12.3 Å². The first-order valence-corrected chi connectivity index (χ1v) is 7.62. The molecule has 0 fully saturated rings. The van der Waals surface area contributed by atoms with Crippen molar-refractivity contribution in [1.82, 2.24) is 4.90 Å². The molecule has 0 unspecified atom stereocenters. The highest BCUT2D eigenvalue weighted by molar-refractivity contribution is 8.00. The fourth-order valence-corrected chi connectivity index (χ4v) is 2.81. The molecule has 0 atom stereocenters. The third kappa shape index (κ3) is 5.25. The van der Waals surface area contributed by atoms with E-state index in [4.69, 9.17) is 5.11 Å². The molecule has 4 nitrogen and oxygen atoms in total. The Kier molecular flexibility index (Phi) is 6.58. The smallest absolute Gasteiger partial charge is 0.305 e. The van der Waals surface area contributed by atoms with E-state index in [1.54, 1.807) is 4.90 Å². The van der Waals surface area contributed by atoms with Gasteiger partial charge >= 0.3 is 5.97 Å². The van der Waals surface area contributed by atoms with Crippen molar-refractivity contribution in [3.63, 3.8) is 0 Å². The molecule has 0 saturated carbocycles. The third-order valence-electron chi connectivity index (χ3n) is 3.02. The standard InChI is InChI=1S/C15H21NO3S/c1-4-16(8-7-15(18)19)14(17)10-20-13-9-11(2)5-6-12(13)3/h5-6,9H,4,7-8,10H2,1-3H3,(H,18,19). The van der Waals surface area contributed by atoms with Gasteiger partial charge in [-0.3, -0.25) is 9.59 Å². The zero-order chi connectivity index (χ0) is 15.1. The molecule has 0 bridgehead atoms. The molecule has 5 heteroatoms. The van der Waals surface area contributed by atoms with Crippen LogP contribution in [0.4, 0.5) is 0 Å². The van der Waals surface area contributed by atoms with Crippen molar-refractivity contribution in [1.29, 1.82) is 0 Å². The summed E-state index contributed by atoms with van der Waals surface area (Å²) in [7, 11) is 0. The SMILES string of the molecule is CCN(CCC(=O)O)C(=O)CSc1cc(C)ccc1C. The molecule has 0 radical (unpaired) electrons. The topological polar surface area (TPSA) is 57.6 Å². The van der Waals surface area contributed by atoms with Crippen molar-refractivity contribution in [2.45, 2.75) is 32.1 Å². The number of hydrogen-bond donors (Lipinski definition) is 1. The highest BCUT2D eigenvalue weighted by Crippen LogP contribution is 2.23. The number of aliphatic carboxylic acids is 1. The van der Waals surface area contributed by atoms with Gasteiger partial charge in [-0.15, -0.1) is 11.8 Å². The molecular formula is C15H21NO3S. The number of carbonyl (C=O) groups excluding carboxylic acids is 1. The third-order valence-corrected chi connectivity index (χ3v) is 4.17. The molecule has 1 aromatic rings. The number of nitrogens with zero attached hydrogens (tertiary/aromatic N) is 1. The summed E-state index contributed by atoms with van der Waals surface area (Å²) in [5.41, 5.74) is 2.32. The predicted molar refractivity (Wildman–Crippen MR) is 81.1 cm³/mol. The van der Waals surface area contributed by atoms with Gasteiger partial charge in [0.25, 0.3) is 0 Å². The van der Waals surface area contributed by atoms with Gasteiger partial charge in [-0.2, -0.15) is 0 Å². The van der Waals surface area contributed by atoms with E-state index in [9.17, 15) is 9.59 Å². The summed E-state index contributed by atoms with van der Waals surface area (Å²) in [6, 6.07) is 6.16. The maximum Gasteiger partial charge on any atom is 0.305 e. The molecule has 20 heavy (non-hydrogen) atoms. The first-order valence-electron chi connectivity index (χ1n) is 6.63. The van der Waals surface area contributed by atoms with Crippen molar-refractivity contribution < 1.29 is 14.7 Å². The number of thioether (sulfide) groups is 1. The number of amides is 1. The molecule has 0 heterocycles. The fourth-order valence-electron chi connectivity index (χ4n) is 1.78. The highest BCUT2D eigenvalue weighted by atomic mass is 32.2. The molecule has 0 aromatic heterocycles. The Morgan fingerprint density at radius 1 is 1.30 bits per heavy atom. The van der Waals surface area contributed by atoms with E-state index >= 15 is 0 Å². The van der Waals surface area contributed by atoms with Crippen molar-refractivity contribution in [2.24, 2.45) is 0 Å². The van der Waals surface area contributed by atoms with Gasteiger partial charge in [0.2, 0.25) is 5.91 Å². The quantitative estimate of drug-likeness (QED) is 0.786. The molecule has 1 aromatic carbocycles. The maximum atomic E-state index is 12.1. The summed E-state index contributed by atoms with van der Waals surface area (Å²) in [5, 5.41) is 8.67. The zero-order valence-electron chi connectivity index (χ0n) is 12.2. The fraction of sp³-hybridized carbons (Fsp3) is 0.467. The van der Waals surface area contributed by atoms with Gasteiger partial charge < -0.3 is 10.0 Å². The van der Waals surface area contributed by atoms with Crippen LogP contribution in [0.15, 0.2) is 23.1 Å². The number of benzene rings is 1. The van der Waals surface area contributed by atoms with Crippen molar-refractivity contribution in [3.05, 3.63) is 29.3 Å². The monoisotopic (exact) mass is 295 g/mol. The lowest BCUT2D eigenvalue weighted by Gasteiger charge is -2.20. The van der Waals surface area contributed by atoms with Gasteiger partial charge in [0.1, 0.15) is 0 Å². The highest BCUT2D eigenvalue weighted by Gasteiger charge is 2.13. The molecule has 110 valence electrons. The Balaban J connectivity index is 2.56. The molecule has 1 amide bonds. The van der Waals surface area contributed by atoms with Crippen LogP contribution in [0.2, 0.25) is 0 Å². The molecule has 0 aliphatic carbocycles. The minimum absolute atomic E-state index is 0.00623. The van der Waals surface area contributed by atoms with E-state index in [1.807, 2.05) is 32.9 Å². The maximum absolute atomic E-state index is 12.1. The van der Waals surface area contributed by atoms with Crippen LogP contribution in [0.5, 0.6) is 0 Å². The van der Waals surface area contributed by atoms with Crippen molar-refractivity contribution in [3.8, 4) is 0 Å². The molecular weight excluding hydrogens is 274 g/mol. The number of carboxylic acid groups (broad SMARTS) is 1. The number of rotatable bonds is 7. The number of carbonyl (C=O) groups is 2. The summed E-state index contributed by atoms with van der Waals surface area (Å²) >= 11 is 1.51. The van der Waals surface area contributed by atoms with Gasteiger partial charge in [0.15, 0.2) is 0 Å². The van der Waals surface area contributed by atoms with E-state index in [-0.39, 0.29) is 18.9 Å². The van der Waals surface area contributed by atoms with E-state index in [0.717, 1.165) is 10.5 Å². The van der Waals surface area contributed by atoms with Crippen LogP contribution in [0, 0.1) is 13.8 Å². The minimum Gasteiger partial charge on any atom is -0.481 e. The van der Waals surface area contributed by atoms with Crippen LogP contribution >= 0.6 is 11.8 Å². The van der Waals surface area contributed by atoms with Crippen molar-refractivity contribution >= 4 is 23.6 Å². The summed E-state index contributed by atoms with van der Waals surface area (Å²) in [6.45, 7) is 6.73. The average Bonchev–Trinajstić information content (AvgIpc) is 2.40. The van der Waals surface area contributed by atoms with Crippen LogP contribution in [0.1, 0.15) is 24.5 Å². The predicted octanol–water partition coefficient (Wildman–Crippen LogP) is 2.72. The summed E-state index contributed by atoms with van der Waals surface area (Å²) in [6.07, 6.45) is -0.00623. The van der Waals surface area contributed by atoms with E-state index < -0.39 is 5.97 Å². The van der Waals surface area contributed by atoms with Crippen LogP contribution in [0.25, 0.3) is 0 Å². The van der Waals surface area contributed by atoms with Gasteiger partial charge in [-0.1, -0.05) is 17.7 Å². The molecule has 0 aliphatic heterocycles. The van der Waals surface area contributed by atoms with Gasteiger partial charge in [-0.25, -0.2) is 0 Å². The molecule has 0 aliphatic rings. The van der Waals surface area contributed by atoms with E-state index in [2.05, 4.69) is 6.07 Å². The Morgan fingerprint density at radius 3 is 2.60 bits per heavy atom. The first kappa shape index (κ1) is 16.6. The zero-order valence-corrected chi connectivity index (χ0v) is 13.0. The average molecular weight is 295 g/mol. The summed E-state index contributed by atoms with van der Waals surface area (Å²) in [4.78, 5) is 25.3. The second kappa shape index (κ2) is 7.94. The Labute approximate surface area is 124 Å². The first-order chi connectivity index (χ1) is 9.43. The van der Waals surface area contributed by atoms with Gasteiger partial charge in [-0.05, 0) is 32.4 Å². The van der Waals surface area contributed by atoms with Crippen LogP contribution in [-0.4, -0.2) is 40.7 Å². The van der Waals surface area contributed by atoms with Crippen LogP contribution in [-0.2, 0) is 9.59 Å². The Bertz CT molecular complexity index is 488. The molecule has 0 spiro atoms. The summed E-state index contributed by atoms with van der Waals surface area (Å²) in [5.74, 6) is -0.546. The lowest BCUT2D eigenvalue weighted by molar-refractivity contribution is -0.138. The van der Waals surface area contributed by atoms with Crippen molar-refractivity contribution in [2.75, 3.05) is 18.8 Å². The normalized spacial score (nSPS) is 10.3. The van der Waals surface area contributed by atoms with E-state index in [1.165, 1.54) is 17.3 Å². The summed E-state index contributed by atoms with van der Waals surface area (Å²) < 4.78 is 0. The van der Waals surface area contributed by atoms with Gasteiger partial charge in [0, 0.05) is 18.0 Å². The minimum atomic E-state index is -0.876. The number of hydrogen-bond acceptors (Lipinski definition) is 3. The number of carboxylic acids is 1. The lowest BCUT2D eigenvalue weighted by Crippen LogP contribution is -2.34. The second-order valence-corrected chi connectivity index (χ2v) is 5.69. The molecule has 1 rings (SSSR count).